The van der Waals surface area contributed by atoms with Crippen molar-refractivity contribution in [2.24, 2.45) is 0 Å². The van der Waals surface area contributed by atoms with Crippen LogP contribution in [0.25, 0.3) is 0 Å². The quantitative estimate of drug-likeness (QED) is 0.490. The van der Waals surface area contributed by atoms with Crippen LogP contribution < -0.4 is 5.73 Å². The maximum Gasteiger partial charge on any atom is 0.189 e. The van der Waals surface area contributed by atoms with E-state index in [4.69, 9.17) is 28.9 Å². The summed E-state index contributed by atoms with van der Waals surface area (Å²) in [6.07, 6.45) is 0. The fourth-order valence-electron chi connectivity index (χ4n) is 1.04. The molecule has 0 amide bonds. The molecule has 2 N–H and O–H groups in total. The summed E-state index contributed by atoms with van der Waals surface area (Å²) >= 11 is 11.6. The molecule has 0 aromatic heterocycles. The molecule has 0 aliphatic carbocycles. The zero-order valence-corrected chi connectivity index (χ0v) is 9.99. The molecule has 1 aromatic carbocycles. The van der Waals surface area contributed by atoms with Gasteiger partial charge in [0, 0.05) is 16.2 Å². The highest BCUT2D eigenvalue weighted by molar-refractivity contribution is 6.34. The normalized spacial score (nSPS) is 12.3. The molecular formula is C11H11Cl2NO. The molecular weight excluding hydrogens is 233 g/mol. The van der Waals surface area contributed by atoms with Crippen molar-refractivity contribution in [3.8, 4) is 0 Å². The first kappa shape index (κ1) is 12.1. The molecule has 0 spiro atoms. The lowest BCUT2D eigenvalue weighted by atomic mass is 10.0. The average Bonchev–Trinajstić information content (AvgIpc) is 2.19. The minimum Gasteiger partial charge on any atom is -0.398 e. The Morgan fingerprint density at radius 1 is 1.33 bits per heavy atom. The number of Topliss-reactive ketones (excluding diaryl/α,β-unsaturated/α-hetero) is 1. The van der Waals surface area contributed by atoms with Crippen LogP contribution in [0.1, 0.15) is 24.2 Å². The number of nitrogen functional groups attached to an aromatic ring is 1. The largest absolute Gasteiger partial charge is 0.398 e. The van der Waals surface area contributed by atoms with Crippen LogP contribution >= 0.6 is 23.2 Å². The molecule has 0 atom stereocenters. The van der Waals surface area contributed by atoms with Gasteiger partial charge in [0.2, 0.25) is 0 Å². The molecule has 1 rings (SSSR count). The molecule has 0 saturated carbocycles. The second-order valence-electron chi connectivity index (χ2n) is 3.22. The number of ketones is 1. The SMILES string of the molecule is C/C(Cl)=C(\C)C(=O)c1ccc(N)c(Cl)c1. The van der Waals surface area contributed by atoms with Gasteiger partial charge in [0.25, 0.3) is 0 Å². The monoisotopic (exact) mass is 243 g/mol. The number of anilines is 1. The number of halogens is 2. The van der Waals surface area contributed by atoms with Gasteiger partial charge in [-0.25, -0.2) is 0 Å². The summed E-state index contributed by atoms with van der Waals surface area (Å²) in [5.74, 6) is -0.135. The van der Waals surface area contributed by atoms with Crippen molar-refractivity contribution in [1.82, 2.24) is 0 Å². The Balaban J connectivity index is 3.14. The van der Waals surface area contributed by atoms with Gasteiger partial charge in [0.05, 0.1) is 10.7 Å². The molecule has 2 nitrogen and oxygen atoms in total. The molecule has 0 unspecified atom stereocenters. The standard InChI is InChI=1S/C11H11Cl2NO/c1-6(7(2)12)11(15)8-3-4-10(14)9(13)5-8/h3-5H,14H2,1-2H3/b7-6-. The summed E-state index contributed by atoms with van der Waals surface area (Å²) < 4.78 is 0. The summed E-state index contributed by atoms with van der Waals surface area (Å²) in [7, 11) is 0. The van der Waals surface area contributed by atoms with E-state index in [1.807, 2.05) is 0 Å². The highest BCUT2D eigenvalue weighted by Gasteiger charge is 2.11. The molecule has 80 valence electrons. The highest BCUT2D eigenvalue weighted by Crippen LogP contribution is 2.22. The maximum absolute atomic E-state index is 11.8. The Morgan fingerprint density at radius 3 is 2.40 bits per heavy atom. The van der Waals surface area contributed by atoms with Crippen LogP contribution in [0.15, 0.2) is 28.8 Å². The fraction of sp³-hybridized carbons (Fsp3) is 0.182. The highest BCUT2D eigenvalue weighted by atomic mass is 35.5. The van der Waals surface area contributed by atoms with E-state index in [0.29, 0.717) is 26.9 Å². The van der Waals surface area contributed by atoms with Crippen molar-refractivity contribution in [2.45, 2.75) is 13.8 Å². The minimum absolute atomic E-state index is 0.135. The first-order valence-electron chi connectivity index (χ1n) is 4.36. The third-order valence-electron chi connectivity index (χ3n) is 2.12. The first-order valence-corrected chi connectivity index (χ1v) is 5.11. The smallest absolute Gasteiger partial charge is 0.189 e. The van der Waals surface area contributed by atoms with Crippen molar-refractivity contribution in [2.75, 3.05) is 5.73 Å². The zero-order valence-electron chi connectivity index (χ0n) is 8.47. The third-order valence-corrected chi connectivity index (χ3v) is 2.73. The molecule has 0 bridgehead atoms. The predicted octanol–water partition coefficient (Wildman–Crippen LogP) is 3.64. The summed E-state index contributed by atoms with van der Waals surface area (Å²) in [5, 5.41) is 0.855. The summed E-state index contributed by atoms with van der Waals surface area (Å²) in [6, 6.07) is 4.78. The van der Waals surface area contributed by atoms with E-state index in [0.717, 1.165) is 0 Å². The lowest BCUT2D eigenvalue weighted by molar-refractivity contribution is 0.103. The lowest BCUT2D eigenvalue weighted by Gasteiger charge is -2.04. The Hall–Kier alpha value is -0.990. The van der Waals surface area contributed by atoms with E-state index < -0.39 is 0 Å². The number of carbonyl (C=O) groups excluding carboxylic acids is 1. The van der Waals surface area contributed by atoms with E-state index in [1.54, 1.807) is 32.0 Å². The predicted molar refractivity (Wildman–Crippen MR) is 64.4 cm³/mol. The summed E-state index contributed by atoms with van der Waals surface area (Å²) in [5.41, 5.74) is 7.00. The van der Waals surface area contributed by atoms with Gasteiger partial charge in [-0.3, -0.25) is 4.79 Å². The summed E-state index contributed by atoms with van der Waals surface area (Å²) in [4.78, 5) is 11.8. The molecule has 1 aromatic rings. The van der Waals surface area contributed by atoms with Crippen LogP contribution in [0.4, 0.5) is 5.69 Å². The van der Waals surface area contributed by atoms with Crippen LogP contribution in [-0.2, 0) is 0 Å². The van der Waals surface area contributed by atoms with Crippen LogP contribution in [0.2, 0.25) is 5.02 Å². The maximum atomic E-state index is 11.8. The molecule has 0 aliphatic heterocycles. The van der Waals surface area contributed by atoms with Gasteiger partial charge in [-0.2, -0.15) is 0 Å². The number of rotatable bonds is 2. The molecule has 0 heterocycles. The Bertz CT molecular complexity index is 434. The van der Waals surface area contributed by atoms with Crippen molar-refractivity contribution in [3.05, 3.63) is 39.4 Å². The number of allylic oxidation sites excluding steroid dienone is 2. The molecule has 0 saturated heterocycles. The molecule has 4 heteroatoms. The summed E-state index contributed by atoms with van der Waals surface area (Å²) in [6.45, 7) is 3.35. The Morgan fingerprint density at radius 2 is 1.93 bits per heavy atom. The average molecular weight is 244 g/mol. The second-order valence-corrected chi connectivity index (χ2v) is 4.20. The number of benzene rings is 1. The molecule has 0 fully saturated rings. The third kappa shape index (κ3) is 2.74. The number of nitrogens with two attached hydrogens (primary N) is 1. The van der Waals surface area contributed by atoms with E-state index in [2.05, 4.69) is 0 Å². The number of hydrogen-bond donors (Lipinski definition) is 1. The van der Waals surface area contributed by atoms with Gasteiger partial charge in [-0.05, 0) is 32.0 Å². The van der Waals surface area contributed by atoms with Crippen molar-refractivity contribution in [3.63, 3.8) is 0 Å². The Kier molecular flexibility index (Phi) is 3.77. The van der Waals surface area contributed by atoms with Gasteiger partial charge < -0.3 is 5.73 Å². The molecule has 0 aliphatic rings. The van der Waals surface area contributed by atoms with Crippen LogP contribution in [0.5, 0.6) is 0 Å². The van der Waals surface area contributed by atoms with Gasteiger partial charge in [-0.15, -0.1) is 0 Å². The van der Waals surface area contributed by atoms with Gasteiger partial charge >= 0.3 is 0 Å². The zero-order chi connectivity index (χ0) is 11.6. The molecule has 0 radical (unpaired) electrons. The van der Waals surface area contributed by atoms with E-state index >= 15 is 0 Å². The van der Waals surface area contributed by atoms with Gasteiger partial charge in [-0.1, -0.05) is 23.2 Å². The van der Waals surface area contributed by atoms with Gasteiger partial charge in [0.1, 0.15) is 0 Å². The van der Waals surface area contributed by atoms with Crippen LogP contribution in [-0.4, -0.2) is 5.78 Å². The first-order chi connectivity index (χ1) is 6.93. The topological polar surface area (TPSA) is 43.1 Å². The second kappa shape index (κ2) is 4.69. The van der Waals surface area contributed by atoms with Gasteiger partial charge in [0.15, 0.2) is 5.78 Å². The number of hydrogen-bond acceptors (Lipinski definition) is 2. The van der Waals surface area contributed by atoms with E-state index in [1.165, 1.54) is 0 Å². The Labute approximate surface area is 98.7 Å². The fourth-order valence-corrected chi connectivity index (χ4v) is 1.31. The minimum atomic E-state index is -0.135. The van der Waals surface area contributed by atoms with Crippen LogP contribution in [0.3, 0.4) is 0 Å². The van der Waals surface area contributed by atoms with Crippen molar-refractivity contribution < 1.29 is 4.79 Å². The molecule has 15 heavy (non-hydrogen) atoms. The van der Waals surface area contributed by atoms with Crippen molar-refractivity contribution >= 4 is 34.7 Å². The van der Waals surface area contributed by atoms with E-state index in [-0.39, 0.29) is 5.78 Å². The van der Waals surface area contributed by atoms with Crippen molar-refractivity contribution in [1.29, 1.82) is 0 Å². The number of carbonyl (C=O) groups is 1. The van der Waals surface area contributed by atoms with Crippen LogP contribution in [0, 0.1) is 0 Å². The lowest BCUT2D eigenvalue weighted by Crippen LogP contribution is -2.02. The van der Waals surface area contributed by atoms with E-state index in [9.17, 15) is 4.79 Å².